The Bertz CT molecular complexity index is 1280. The molecule has 2 unspecified atom stereocenters. The number of hydrogen-bond acceptors (Lipinski definition) is 4. The van der Waals surface area contributed by atoms with Gasteiger partial charge in [0, 0.05) is 5.56 Å². The van der Waals surface area contributed by atoms with Crippen molar-refractivity contribution in [1.82, 2.24) is 19.0 Å². The third kappa shape index (κ3) is 3.19. The highest BCUT2D eigenvalue weighted by molar-refractivity contribution is 7.95. The van der Waals surface area contributed by atoms with Gasteiger partial charge in [-0.1, -0.05) is 40.1 Å². The first-order valence-electron chi connectivity index (χ1n) is 11.4. The monoisotopic (exact) mass is 462 g/mol. The van der Waals surface area contributed by atoms with Crippen LogP contribution in [0.4, 0.5) is 0 Å². The molecule has 1 amide bonds. The maximum Gasteiger partial charge on any atom is 0.273 e. The molecule has 0 N–H and O–H groups in total. The van der Waals surface area contributed by atoms with E-state index in [9.17, 15) is 13.6 Å². The van der Waals surface area contributed by atoms with Crippen LogP contribution in [0.1, 0.15) is 46.2 Å². The fourth-order valence-corrected chi connectivity index (χ4v) is 6.67. The van der Waals surface area contributed by atoms with Gasteiger partial charge >= 0.3 is 0 Å². The van der Waals surface area contributed by atoms with E-state index in [1.807, 2.05) is 61.2 Å². The molecule has 170 valence electrons. The number of carbonyl (C=O) groups excluding carboxylic acids is 1. The average molecular weight is 463 g/mol. The zero-order valence-electron chi connectivity index (χ0n) is 18.7. The third-order valence-corrected chi connectivity index (χ3v) is 8.94. The number of sulfonamides is 1. The topological polar surface area (TPSA) is 81.5 Å². The van der Waals surface area contributed by atoms with Crippen LogP contribution in [0.2, 0.25) is 0 Å². The summed E-state index contributed by atoms with van der Waals surface area (Å²) in [6, 6.07) is 16.5. The molecular weight excluding hydrogens is 436 g/mol. The predicted octanol–water partition coefficient (Wildman–Crippen LogP) is 3.68. The number of rotatable bonds is 5. The smallest absolute Gasteiger partial charge is 0.273 e. The first-order valence-corrected chi connectivity index (χ1v) is 12.8. The first-order chi connectivity index (χ1) is 15.9. The molecule has 3 aliphatic rings. The molecule has 7 nitrogen and oxygen atoms in total. The molecule has 1 aromatic heterocycles. The van der Waals surface area contributed by atoms with Gasteiger partial charge in [-0.2, -0.15) is 5.10 Å². The highest BCUT2D eigenvalue weighted by Gasteiger charge is 2.55. The second-order valence-electron chi connectivity index (χ2n) is 9.38. The lowest BCUT2D eigenvalue weighted by Crippen LogP contribution is -2.63. The van der Waals surface area contributed by atoms with E-state index in [4.69, 9.17) is 5.10 Å². The minimum absolute atomic E-state index is 0.0146. The van der Waals surface area contributed by atoms with Crippen molar-refractivity contribution >= 4 is 16.3 Å². The van der Waals surface area contributed by atoms with E-state index in [0.717, 1.165) is 35.3 Å². The second-order valence-corrected chi connectivity index (χ2v) is 11.3. The van der Waals surface area contributed by atoms with Crippen LogP contribution in [0.5, 0.6) is 0 Å². The number of aryl methyl sites for hydroxylation is 2. The fourth-order valence-electron chi connectivity index (χ4n) is 5.16. The molecule has 6 rings (SSSR count). The molecule has 33 heavy (non-hydrogen) atoms. The molecule has 3 heterocycles. The van der Waals surface area contributed by atoms with Gasteiger partial charge in [0.2, 0.25) is 0 Å². The quantitative estimate of drug-likeness (QED) is 0.542. The summed E-state index contributed by atoms with van der Waals surface area (Å²) >= 11 is 0. The Balaban J connectivity index is 1.30. The molecule has 1 saturated heterocycles. The van der Waals surface area contributed by atoms with Crippen LogP contribution in [0, 0.1) is 19.8 Å². The molecule has 2 atom stereocenters. The Morgan fingerprint density at radius 2 is 1.67 bits per heavy atom. The molecule has 0 spiro atoms. The Labute approximate surface area is 194 Å². The summed E-state index contributed by atoms with van der Waals surface area (Å²) in [6.45, 7) is 4.56. The number of aromatic nitrogens is 2. The summed E-state index contributed by atoms with van der Waals surface area (Å²) in [5, 5.41) is 4.71. The molecule has 0 radical (unpaired) electrons. The van der Waals surface area contributed by atoms with Crippen LogP contribution in [0.3, 0.4) is 0 Å². The van der Waals surface area contributed by atoms with Crippen molar-refractivity contribution in [2.24, 2.45) is 5.92 Å². The number of amides is 1. The van der Waals surface area contributed by atoms with E-state index in [2.05, 4.69) is 0 Å². The van der Waals surface area contributed by atoms with Crippen molar-refractivity contribution in [2.45, 2.75) is 43.7 Å². The maximum atomic E-state index is 13.7. The van der Waals surface area contributed by atoms with Crippen molar-refractivity contribution < 1.29 is 13.6 Å². The van der Waals surface area contributed by atoms with Crippen molar-refractivity contribution in [3.05, 3.63) is 77.1 Å². The summed E-state index contributed by atoms with van der Waals surface area (Å²) in [5.74, 6) is 0.383. The Kier molecular flexibility index (Phi) is 4.62. The Morgan fingerprint density at radius 1 is 1.00 bits per heavy atom. The lowest BCUT2D eigenvalue weighted by Gasteiger charge is -2.45. The van der Waals surface area contributed by atoms with Gasteiger partial charge in [-0.05, 0) is 56.9 Å². The number of benzene rings is 2. The average Bonchev–Trinajstić information content (AvgIpc) is 3.49. The van der Waals surface area contributed by atoms with Crippen LogP contribution in [0.25, 0.3) is 5.69 Å². The fraction of sp³-hybridized carbons (Fsp3) is 0.360. The van der Waals surface area contributed by atoms with Gasteiger partial charge in [0.25, 0.3) is 5.91 Å². The summed E-state index contributed by atoms with van der Waals surface area (Å²) in [5.41, 5.74) is 4.42. The summed E-state index contributed by atoms with van der Waals surface area (Å²) in [7, 11) is -3.56. The molecular formula is C25H26N4O3S. The number of nitrogens with zero attached hydrogens (tertiary/aromatic N) is 4. The SMILES string of the molecule is Cc1ccc([S+](=O)([O-])N2CC(N3C(=O)c4c(c(C)nn4-c4ccccc4)C3C3CC3)C2)cc1. The lowest BCUT2D eigenvalue weighted by atomic mass is 10.0. The zero-order chi connectivity index (χ0) is 22.9. The second kappa shape index (κ2) is 7.35. The van der Waals surface area contributed by atoms with Crippen LogP contribution in [-0.4, -0.2) is 48.6 Å². The van der Waals surface area contributed by atoms with Crippen molar-refractivity contribution in [3.63, 3.8) is 0 Å². The van der Waals surface area contributed by atoms with Gasteiger partial charge < -0.3 is 9.45 Å². The van der Waals surface area contributed by atoms with Crippen LogP contribution in [0.15, 0.2) is 59.5 Å². The summed E-state index contributed by atoms with van der Waals surface area (Å²) < 4.78 is 29.4. The van der Waals surface area contributed by atoms with Crippen molar-refractivity contribution in [1.29, 1.82) is 0 Å². The molecule has 1 aliphatic carbocycles. The molecule has 0 bridgehead atoms. The van der Waals surface area contributed by atoms with Crippen LogP contribution >= 0.6 is 0 Å². The highest BCUT2D eigenvalue weighted by atomic mass is 32.3. The van der Waals surface area contributed by atoms with Gasteiger partial charge in [0.1, 0.15) is 5.69 Å². The minimum Gasteiger partial charge on any atom is -0.593 e. The normalized spacial score (nSPS) is 22.8. The molecule has 1 saturated carbocycles. The van der Waals surface area contributed by atoms with Gasteiger partial charge in [-0.15, -0.1) is 4.31 Å². The highest BCUT2D eigenvalue weighted by Crippen LogP contribution is 2.52. The van der Waals surface area contributed by atoms with Crippen LogP contribution in [-0.2, 0) is 14.6 Å². The van der Waals surface area contributed by atoms with Crippen molar-refractivity contribution in [3.8, 4) is 5.69 Å². The number of para-hydroxylation sites is 1. The van der Waals surface area contributed by atoms with Crippen molar-refractivity contribution in [2.75, 3.05) is 13.1 Å². The van der Waals surface area contributed by atoms with E-state index in [1.165, 1.54) is 4.31 Å². The number of hydrogen-bond donors (Lipinski definition) is 0. The molecule has 2 fully saturated rings. The first kappa shape index (κ1) is 20.8. The van der Waals surface area contributed by atoms with Crippen LogP contribution < -0.4 is 0 Å². The molecule has 3 aromatic rings. The largest absolute Gasteiger partial charge is 0.593 e. The molecule has 2 aliphatic heterocycles. The lowest BCUT2D eigenvalue weighted by molar-refractivity contribution is 0.0337. The molecule has 2 aromatic carbocycles. The standard InChI is InChI=1S/C25H26N4O3S/c1-16-8-12-21(13-9-16)33(31,32)27-14-20(15-27)28-23(18-10-11-18)22-17(2)26-29(24(22)25(28)30)19-6-4-3-5-7-19/h3-9,12-13,18,20,23H,10-11,14-15H2,1-2H3. The maximum absolute atomic E-state index is 13.7. The zero-order valence-corrected chi connectivity index (χ0v) is 19.5. The van der Waals surface area contributed by atoms with E-state index in [1.54, 1.807) is 16.8 Å². The number of carbonyl (C=O) groups is 1. The predicted molar refractivity (Wildman–Crippen MR) is 124 cm³/mol. The van der Waals surface area contributed by atoms with E-state index in [-0.39, 0.29) is 18.0 Å². The van der Waals surface area contributed by atoms with E-state index in [0.29, 0.717) is 29.6 Å². The Morgan fingerprint density at radius 3 is 2.30 bits per heavy atom. The van der Waals surface area contributed by atoms with Gasteiger partial charge in [-0.25, -0.2) is 4.68 Å². The molecule has 8 heteroatoms. The van der Waals surface area contributed by atoms with Gasteiger partial charge in [0.15, 0.2) is 15.3 Å². The van der Waals surface area contributed by atoms with E-state index >= 15 is 0 Å². The van der Waals surface area contributed by atoms with Gasteiger partial charge in [-0.3, -0.25) is 4.79 Å². The third-order valence-electron chi connectivity index (χ3n) is 7.09. The van der Waals surface area contributed by atoms with E-state index < -0.39 is 10.4 Å². The Hall–Kier alpha value is -2.81. The van der Waals surface area contributed by atoms with Gasteiger partial charge in [0.05, 0.1) is 36.6 Å². The summed E-state index contributed by atoms with van der Waals surface area (Å²) in [4.78, 5) is 16.0. The minimum atomic E-state index is -3.56. The number of fused-ring (bicyclic) bond motifs is 1. The summed E-state index contributed by atoms with van der Waals surface area (Å²) in [6.07, 6.45) is 2.17.